The molecule has 0 fully saturated rings. The summed E-state index contributed by atoms with van der Waals surface area (Å²) in [5.41, 5.74) is 9.79. The summed E-state index contributed by atoms with van der Waals surface area (Å²) in [6, 6.07) is 67.5. The molecule has 234 valence electrons. The Morgan fingerprint density at radius 3 is 1.74 bits per heavy atom. The second-order valence-electron chi connectivity index (χ2n) is 12.9. The maximum absolute atomic E-state index is 6.81. The van der Waals surface area contributed by atoms with Gasteiger partial charge in [-0.25, -0.2) is 0 Å². The minimum atomic E-state index is 0.866. The topological polar surface area (TPSA) is 16.4 Å². The molecule has 0 N–H and O–H groups in total. The summed E-state index contributed by atoms with van der Waals surface area (Å²) in [5, 5.41) is 9.37. The van der Waals surface area contributed by atoms with Gasteiger partial charge in [-0.3, -0.25) is 0 Å². The van der Waals surface area contributed by atoms with Gasteiger partial charge in [-0.2, -0.15) is 0 Å². The number of hydrogen-bond acceptors (Lipinski definition) is 2. The predicted octanol–water partition coefficient (Wildman–Crippen LogP) is 13.8. The Balaban J connectivity index is 1.24. The van der Waals surface area contributed by atoms with Crippen molar-refractivity contribution in [2.45, 2.75) is 0 Å². The van der Waals surface area contributed by atoms with Crippen molar-refractivity contribution in [3.63, 3.8) is 0 Å². The van der Waals surface area contributed by atoms with Gasteiger partial charge in [0.15, 0.2) is 0 Å². The van der Waals surface area contributed by atoms with Crippen LogP contribution < -0.4 is 4.90 Å². The molecule has 0 saturated carbocycles. The van der Waals surface area contributed by atoms with Crippen LogP contribution in [0.1, 0.15) is 0 Å². The van der Waals surface area contributed by atoms with Crippen LogP contribution in [0.3, 0.4) is 0 Å². The molecule has 2 heteroatoms. The first-order valence-electron chi connectivity index (χ1n) is 17.1. The monoisotopic (exact) mass is 637 g/mol. The van der Waals surface area contributed by atoms with Crippen molar-refractivity contribution in [2.75, 3.05) is 4.90 Å². The molecule has 0 spiro atoms. The lowest BCUT2D eigenvalue weighted by molar-refractivity contribution is 0.672. The molecule has 0 radical (unpaired) electrons. The smallest absolute Gasteiger partial charge is 0.143 e. The number of fused-ring (bicyclic) bond motifs is 7. The molecule has 0 amide bonds. The summed E-state index contributed by atoms with van der Waals surface area (Å²) in [6.07, 6.45) is 0. The van der Waals surface area contributed by atoms with Crippen LogP contribution in [0.15, 0.2) is 192 Å². The highest BCUT2D eigenvalue weighted by Gasteiger charge is 2.22. The number of benzene rings is 9. The van der Waals surface area contributed by atoms with Gasteiger partial charge >= 0.3 is 0 Å². The van der Waals surface area contributed by atoms with Gasteiger partial charge in [-0.05, 0) is 97.7 Å². The van der Waals surface area contributed by atoms with Crippen molar-refractivity contribution in [1.82, 2.24) is 0 Å². The van der Waals surface area contributed by atoms with Crippen LogP contribution in [0.2, 0.25) is 0 Å². The van der Waals surface area contributed by atoms with E-state index < -0.39 is 0 Å². The van der Waals surface area contributed by atoms with Crippen molar-refractivity contribution >= 4 is 71.3 Å². The standard InChI is InChI=1S/C48H31NO/c1-2-11-32(12-3-1)35-23-26-39(27-24-35)49(40-28-25-34-14-5-7-16-37(34)30-40)45-19-10-20-46-47(45)44-31-43(41-17-8-9-18-42(41)48(44)50-46)38-22-21-33-13-4-6-15-36(33)29-38/h1-31H. The molecule has 0 bridgehead atoms. The van der Waals surface area contributed by atoms with E-state index >= 15 is 0 Å². The molecule has 0 aliphatic heterocycles. The van der Waals surface area contributed by atoms with E-state index in [-0.39, 0.29) is 0 Å². The zero-order chi connectivity index (χ0) is 33.0. The largest absolute Gasteiger partial charge is 0.455 e. The summed E-state index contributed by atoms with van der Waals surface area (Å²) in [6.45, 7) is 0. The zero-order valence-electron chi connectivity index (χ0n) is 27.3. The maximum Gasteiger partial charge on any atom is 0.143 e. The van der Waals surface area contributed by atoms with Gasteiger partial charge in [0.05, 0.1) is 11.1 Å². The molecule has 0 atom stereocenters. The van der Waals surface area contributed by atoms with Gasteiger partial charge in [-0.1, -0.05) is 140 Å². The van der Waals surface area contributed by atoms with Gasteiger partial charge < -0.3 is 9.32 Å². The second-order valence-corrected chi connectivity index (χ2v) is 12.9. The molecular weight excluding hydrogens is 607 g/mol. The lowest BCUT2D eigenvalue weighted by atomic mass is 9.93. The summed E-state index contributed by atoms with van der Waals surface area (Å²) in [4.78, 5) is 2.38. The third kappa shape index (κ3) is 4.65. The molecule has 10 aromatic rings. The van der Waals surface area contributed by atoms with Crippen LogP contribution in [-0.2, 0) is 0 Å². The van der Waals surface area contributed by atoms with Crippen molar-refractivity contribution in [1.29, 1.82) is 0 Å². The zero-order valence-corrected chi connectivity index (χ0v) is 27.3. The Morgan fingerprint density at radius 2 is 0.960 bits per heavy atom. The van der Waals surface area contributed by atoms with Crippen molar-refractivity contribution in [3.8, 4) is 22.3 Å². The predicted molar refractivity (Wildman–Crippen MR) is 212 cm³/mol. The maximum atomic E-state index is 6.81. The van der Waals surface area contributed by atoms with Gasteiger partial charge in [0.2, 0.25) is 0 Å². The Bertz CT molecular complexity index is 2870. The molecule has 1 heterocycles. The fourth-order valence-electron chi connectivity index (χ4n) is 7.59. The highest BCUT2D eigenvalue weighted by atomic mass is 16.3. The Morgan fingerprint density at radius 1 is 0.360 bits per heavy atom. The van der Waals surface area contributed by atoms with Crippen LogP contribution in [0.4, 0.5) is 17.1 Å². The number of hydrogen-bond donors (Lipinski definition) is 0. The Hall–Kier alpha value is -6.64. The fraction of sp³-hybridized carbons (Fsp3) is 0. The van der Waals surface area contributed by atoms with Crippen LogP contribution in [0.5, 0.6) is 0 Å². The van der Waals surface area contributed by atoms with Gasteiger partial charge in [0, 0.05) is 22.1 Å². The Kier molecular flexibility index (Phi) is 6.53. The third-order valence-corrected chi connectivity index (χ3v) is 10.0. The van der Waals surface area contributed by atoms with E-state index in [1.54, 1.807) is 0 Å². The molecule has 0 saturated heterocycles. The van der Waals surface area contributed by atoms with E-state index in [4.69, 9.17) is 4.42 Å². The highest BCUT2D eigenvalue weighted by Crippen LogP contribution is 2.47. The van der Waals surface area contributed by atoms with E-state index in [0.29, 0.717) is 0 Å². The summed E-state index contributed by atoms with van der Waals surface area (Å²) in [5.74, 6) is 0. The SMILES string of the molecule is c1ccc(-c2ccc(N(c3ccc4ccccc4c3)c3cccc4oc5c6ccccc6c(-c6ccc7ccccc7c6)cc5c34)cc2)cc1. The molecular formula is C48H31NO. The van der Waals surface area contributed by atoms with E-state index in [9.17, 15) is 0 Å². The van der Waals surface area contributed by atoms with Crippen molar-refractivity contribution < 1.29 is 4.42 Å². The van der Waals surface area contributed by atoms with Crippen molar-refractivity contribution in [3.05, 3.63) is 188 Å². The van der Waals surface area contributed by atoms with Gasteiger partial charge in [0.25, 0.3) is 0 Å². The number of furan rings is 1. The lowest BCUT2D eigenvalue weighted by Crippen LogP contribution is -2.10. The molecule has 9 aromatic carbocycles. The van der Waals surface area contributed by atoms with Crippen LogP contribution in [0, 0.1) is 0 Å². The van der Waals surface area contributed by atoms with Gasteiger partial charge in [-0.15, -0.1) is 0 Å². The molecule has 50 heavy (non-hydrogen) atoms. The number of nitrogens with zero attached hydrogens (tertiary/aromatic N) is 1. The molecule has 1 aromatic heterocycles. The molecule has 0 aliphatic carbocycles. The first kappa shape index (κ1) is 28.4. The van der Waals surface area contributed by atoms with Crippen LogP contribution in [-0.4, -0.2) is 0 Å². The normalized spacial score (nSPS) is 11.6. The average molecular weight is 638 g/mol. The summed E-state index contributed by atoms with van der Waals surface area (Å²) < 4.78 is 6.81. The highest BCUT2D eigenvalue weighted by molar-refractivity contribution is 6.22. The minimum absolute atomic E-state index is 0.866. The van der Waals surface area contributed by atoms with E-state index in [0.717, 1.165) is 44.4 Å². The molecule has 10 rings (SSSR count). The first-order valence-corrected chi connectivity index (χ1v) is 17.1. The second kappa shape index (κ2) is 11.5. The summed E-state index contributed by atoms with van der Waals surface area (Å²) >= 11 is 0. The molecule has 0 aliphatic rings. The lowest BCUT2D eigenvalue weighted by Gasteiger charge is -2.27. The molecule has 2 nitrogen and oxygen atoms in total. The van der Waals surface area contributed by atoms with E-state index in [1.165, 1.54) is 49.2 Å². The minimum Gasteiger partial charge on any atom is -0.455 e. The quantitative estimate of drug-likeness (QED) is 0.187. The number of anilines is 3. The van der Waals surface area contributed by atoms with Gasteiger partial charge in [0.1, 0.15) is 11.2 Å². The Labute approximate surface area is 290 Å². The summed E-state index contributed by atoms with van der Waals surface area (Å²) in [7, 11) is 0. The van der Waals surface area contributed by atoms with E-state index in [2.05, 4.69) is 193 Å². The first-order chi connectivity index (χ1) is 24.8. The van der Waals surface area contributed by atoms with Crippen molar-refractivity contribution in [2.24, 2.45) is 0 Å². The molecule has 0 unspecified atom stereocenters. The van der Waals surface area contributed by atoms with Crippen LogP contribution in [0.25, 0.3) is 76.5 Å². The average Bonchev–Trinajstić information content (AvgIpc) is 3.58. The van der Waals surface area contributed by atoms with Crippen LogP contribution >= 0.6 is 0 Å². The number of rotatable bonds is 5. The van der Waals surface area contributed by atoms with E-state index in [1.807, 2.05) is 0 Å². The fourth-order valence-corrected chi connectivity index (χ4v) is 7.59. The third-order valence-electron chi connectivity index (χ3n) is 10.0.